The summed E-state index contributed by atoms with van der Waals surface area (Å²) in [5.41, 5.74) is 6.86. The van der Waals surface area contributed by atoms with Crippen molar-refractivity contribution in [2.75, 3.05) is 0 Å². The SMILES string of the molecule is Cc1ccc2c(c1)c(-c1ccccc1C)nc1[n+]2C(=O)c2ccccc2-1. The number of carbonyl (C=O) groups is 1. The zero-order chi connectivity index (χ0) is 17.8. The van der Waals surface area contributed by atoms with Crippen molar-refractivity contribution in [3.05, 3.63) is 83.4 Å². The van der Waals surface area contributed by atoms with E-state index in [0.29, 0.717) is 5.56 Å². The largest absolute Gasteiger partial charge is 0.347 e. The van der Waals surface area contributed by atoms with E-state index < -0.39 is 0 Å². The lowest BCUT2D eigenvalue weighted by Gasteiger charge is -2.07. The minimum absolute atomic E-state index is 0.00622. The highest BCUT2D eigenvalue weighted by molar-refractivity contribution is 6.03. The maximum Gasteiger partial charge on any atom is 0.347 e. The molecule has 0 unspecified atom stereocenters. The zero-order valence-corrected chi connectivity index (χ0v) is 14.7. The third kappa shape index (κ3) is 1.97. The fourth-order valence-electron chi connectivity index (χ4n) is 3.78. The minimum atomic E-state index is -0.00622. The van der Waals surface area contributed by atoms with E-state index in [-0.39, 0.29) is 5.91 Å². The molecule has 0 amide bonds. The average molecular weight is 337 g/mol. The van der Waals surface area contributed by atoms with Gasteiger partial charge in [-0.3, -0.25) is 0 Å². The molecule has 1 aliphatic rings. The summed E-state index contributed by atoms with van der Waals surface area (Å²) < 4.78 is 1.75. The van der Waals surface area contributed by atoms with Crippen molar-refractivity contribution in [1.29, 1.82) is 0 Å². The van der Waals surface area contributed by atoms with Gasteiger partial charge in [-0.2, -0.15) is 4.57 Å². The Morgan fingerprint density at radius 2 is 1.50 bits per heavy atom. The van der Waals surface area contributed by atoms with Gasteiger partial charge in [0.1, 0.15) is 5.52 Å². The van der Waals surface area contributed by atoms with Gasteiger partial charge in [0, 0.05) is 5.56 Å². The topological polar surface area (TPSA) is 33.8 Å². The van der Waals surface area contributed by atoms with E-state index in [1.54, 1.807) is 4.57 Å². The third-order valence-electron chi connectivity index (χ3n) is 5.08. The molecule has 0 N–H and O–H groups in total. The lowest BCUT2D eigenvalue weighted by atomic mass is 10.0. The minimum Gasteiger partial charge on any atom is -0.240 e. The van der Waals surface area contributed by atoms with Crippen molar-refractivity contribution in [3.8, 4) is 22.6 Å². The molecule has 124 valence electrons. The molecule has 1 aromatic heterocycles. The van der Waals surface area contributed by atoms with E-state index in [4.69, 9.17) is 4.98 Å². The second-order valence-corrected chi connectivity index (χ2v) is 6.81. The first-order chi connectivity index (χ1) is 12.6. The Labute approximate surface area is 151 Å². The molecule has 3 heteroatoms. The van der Waals surface area contributed by atoms with Crippen molar-refractivity contribution in [2.45, 2.75) is 13.8 Å². The first kappa shape index (κ1) is 15.0. The molecule has 1 aliphatic heterocycles. The predicted octanol–water partition coefficient (Wildman–Crippen LogP) is 4.48. The molecule has 2 heterocycles. The second kappa shape index (κ2) is 5.33. The summed E-state index contributed by atoms with van der Waals surface area (Å²) in [6, 6.07) is 22.2. The molecule has 0 atom stereocenters. The Kier molecular flexibility index (Phi) is 3.07. The van der Waals surface area contributed by atoms with Crippen molar-refractivity contribution in [1.82, 2.24) is 4.98 Å². The maximum atomic E-state index is 13.0. The number of nitrogens with zero attached hydrogens (tertiary/aromatic N) is 2. The van der Waals surface area contributed by atoms with Crippen molar-refractivity contribution in [2.24, 2.45) is 0 Å². The lowest BCUT2D eigenvalue weighted by molar-refractivity contribution is -0.529. The van der Waals surface area contributed by atoms with Gasteiger partial charge in [-0.1, -0.05) is 48.0 Å². The van der Waals surface area contributed by atoms with Crippen LogP contribution < -0.4 is 4.57 Å². The quantitative estimate of drug-likeness (QED) is 0.423. The molecule has 0 radical (unpaired) electrons. The van der Waals surface area contributed by atoms with Crippen LogP contribution in [0, 0.1) is 13.8 Å². The lowest BCUT2D eigenvalue weighted by Crippen LogP contribution is -2.42. The standard InChI is InChI=1S/C23H17N2O/c1-14-11-12-20-19(13-14)21(16-8-4-3-7-15(16)2)24-22-17-9-5-6-10-18(17)23(26)25(20)22/h3-13H,1-2H3/q+1. The summed E-state index contributed by atoms with van der Waals surface area (Å²) in [5, 5.41) is 1.00. The van der Waals surface area contributed by atoms with Crippen molar-refractivity contribution >= 4 is 16.8 Å². The van der Waals surface area contributed by atoms with Gasteiger partial charge in [-0.05, 0) is 48.7 Å². The fraction of sp³-hybridized carbons (Fsp3) is 0.0870. The summed E-state index contributed by atoms with van der Waals surface area (Å²) in [5.74, 6) is 0.716. The Hall–Kier alpha value is -3.33. The Morgan fingerprint density at radius 3 is 2.27 bits per heavy atom. The van der Waals surface area contributed by atoms with Crippen LogP contribution in [-0.4, -0.2) is 10.9 Å². The molecule has 26 heavy (non-hydrogen) atoms. The molecule has 0 fully saturated rings. The Bertz CT molecular complexity index is 1220. The Balaban J connectivity index is 1.96. The number of hydrogen-bond acceptors (Lipinski definition) is 2. The van der Waals surface area contributed by atoms with Crippen molar-refractivity contribution in [3.63, 3.8) is 0 Å². The van der Waals surface area contributed by atoms with Crippen LogP contribution in [0.3, 0.4) is 0 Å². The number of rotatable bonds is 1. The number of fused-ring (bicyclic) bond motifs is 5. The first-order valence-electron chi connectivity index (χ1n) is 8.71. The van der Waals surface area contributed by atoms with Crippen molar-refractivity contribution < 1.29 is 9.36 Å². The maximum absolute atomic E-state index is 13.0. The van der Waals surface area contributed by atoms with Gasteiger partial charge in [0.2, 0.25) is 0 Å². The van der Waals surface area contributed by atoms with Gasteiger partial charge in [-0.15, -0.1) is 0 Å². The van der Waals surface area contributed by atoms with Crippen LogP contribution in [0.4, 0.5) is 0 Å². The highest BCUT2D eigenvalue weighted by Gasteiger charge is 2.38. The average Bonchev–Trinajstić information content (AvgIpc) is 2.94. The molecular formula is C23H17N2O+. The summed E-state index contributed by atoms with van der Waals surface area (Å²) in [4.78, 5) is 18.0. The molecule has 4 aromatic rings. The summed E-state index contributed by atoms with van der Waals surface area (Å²) >= 11 is 0. The molecule has 0 saturated carbocycles. The molecule has 0 bridgehead atoms. The summed E-state index contributed by atoms with van der Waals surface area (Å²) in [6.45, 7) is 4.16. The highest BCUT2D eigenvalue weighted by Crippen LogP contribution is 2.34. The first-order valence-corrected chi connectivity index (χ1v) is 8.71. The van der Waals surface area contributed by atoms with E-state index in [1.165, 1.54) is 5.56 Å². The van der Waals surface area contributed by atoms with E-state index in [9.17, 15) is 4.79 Å². The van der Waals surface area contributed by atoms with E-state index >= 15 is 0 Å². The van der Waals surface area contributed by atoms with E-state index in [2.05, 4.69) is 32.0 Å². The molecule has 0 saturated heterocycles. The molecule has 0 aliphatic carbocycles. The monoisotopic (exact) mass is 337 g/mol. The van der Waals surface area contributed by atoms with Gasteiger partial charge >= 0.3 is 11.7 Å². The normalized spacial score (nSPS) is 12.3. The Morgan fingerprint density at radius 1 is 0.808 bits per heavy atom. The van der Waals surface area contributed by atoms with Gasteiger partial charge < -0.3 is 0 Å². The molecule has 0 spiro atoms. The van der Waals surface area contributed by atoms with E-state index in [1.807, 2.05) is 48.5 Å². The summed E-state index contributed by atoms with van der Waals surface area (Å²) in [6.07, 6.45) is 0. The zero-order valence-electron chi connectivity index (χ0n) is 14.7. The molecule has 3 nitrogen and oxygen atoms in total. The fourth-order valence-corrected chi connectivity index (χ4v) is 3.78. The number of carbonyl (C=O) groups excluding carboxylic acids is 1. The smallest absolute Gasteiger partial charge is 0.240 e. The van der Waals surface area contributed by atoms with Crippen LogP contribution in [0.1, 0.15) is 21.5 Å². The highest BCUT2D eigenvalue weighted by atomic mass is 16.2. The van der Waals surface area contributed by atoms with Crippen LogP contribution in [0.2, 0.25) is 0 Å². The predicted molar refractivity (Wildman–Crippen MR) is 102 cm³/mol. The van der Waals surface area contributed by atoms with Gasteiger partial charge in [0.05, 0.1) is 16.5 Å². The van der Waals surface area contributed by atoms with Gasteiger partial charge in [0.25, 0.3) is 0 Å². The van der Waals surface area contributed by atoms with Gasteiger partial charge in [0.15, 0.2) is 5.69 Å². The number of hydrogen-bond donors (Lipinski definition) is 0. The molecule has 5 rings (SSSR count). The number of aryl methyl sites for hydroxylation is 2. The molecule has 3 aromatic carbocycles. The molecular weight excluding hydrogens is 320 g/mol. The summed E-state index contributed by atoms with van der Waals surface area (Å²) in [7, 11) is 0. The van der Waals surface area contributed by atoms with Crippen LogP contribution >= 0.6 is 0 Å². The number of benzene rings is 3. The number of aromatic nitrogens is 2. The third-order valence-corrected chi connectivity index (χ3v) is 5.08. The second-order valence-electron chi connectivity index (χ2n) is 6.81. The van der Waals surface area contributed by atoms with Crippen LogP contribution in [-0.2, 0) is 0 Å². The van der Waals surface area contributed by atoms with Crippen LogP contribution in [0.15, 0.2) is 66.7 Å². The van der Waals surface area contributed by atoms with Gasteiger partial charge in [-0.25, -0.2) is 4.79 Å². The van der Waals surface area contributed by atoms with Crippen LogP contribution in [0.5, 0.6) is 0 Å². The van der Waals surface area contributed by atoms with Crippen LogP contribution in [0.25, 0.3) is 33.5 Å². The van der Waals surface area contributed by atoms with E-state index in [0.717, 1.165) is 39.1 Å².